The van der Waals surface area contributed by atoms with Crippen molar-refractivity contribution in [2.75, 3.05) is 4.90 Å². The molecule has 1 aliphatic heterocycles. The summed E-state index contributed by atoms with van der Waals surface area (Å²) in [7, 11) is 0. The third-order valence-electron chi connectivity index (χ3n) is 3.63. The van der Waals surface area contributed by atoms with Gasteiger partial charge in [-0.15, -0.1) is 0 Å². The summed E-state index contributed by atoms with van der Waals surface area (Å²) in [5.41, 5.74) is -0.487. The smallest absolute Gasteiger partial charge is 0.416 e. The van der Waals surface area contributed by atoms with Crippen LogP contribution in [-0.2, 0) is 6.18 Å². The van der Waals surface area contributed by atoms with Crippen LogP contribution >= 0.6 is 0 Å². The fourth-order valence-corrected chi connectivity index (χ4v) is 2.55. The Morgan fingerprint density at radius 2 is 1.78 bits per heavy atom. The van der Waals surface area contributed by atoms with E-state index in [4.69, 9.17) is 0 Å². The molecule has 2 aromatic rings. The van der Waals surface area contributed by atoms with E-state index in [1.807, 2.05) is 6.07 Å². The number of phenolic OH excluding ortho intramolecular Hbond substituents is 1. The van der Waals surface area contributed by atoms with Gasteiger partial charge in [0.05, 0.1) is 11.6 Å². The van der Waals surface area contributed by atoms with E-state index in [0.717, 1.165) is 23.1 Å². The number of nitrogens with zero attached hydrogens (tertiary/aromatic N) is 2. The van der Waals surface area contributed by atoms with Crippen molar-refractivity contribution in [3.63, 3.8) is 0 Å². The third-order valence-corrected chi connectivity index (χ3v) is 3.63. The summed E-state index contributed by atoms with van der Waals surface area (Å²) in [6, 6.07) is 8.99. The van der Waals surface area contributed by atoms with Crippen molar-refractivity contribution in [1.29, 1.82) is 5.26 Å². The van der Waals surface area contributed by atoms with Crippen LogP contribution in [0.1, 0.15) is 27.5 Å². The van der Waals surface area contributed by atoms with Crippen LogP contribution in [0.3, 0.4) is 0 Å². The maximum Gasteiger partial charge on any atom is 0.416 e. The Hall–Kier alpha value is -3.01. The van der Waals surface area contributed by atoms with E-state index in [9.17, 15) is 28.3 Å². The number of halogens is 3. The van der Waals surface area contributed by atoms with Gasteiger partial charge in [0.1, 0.15) is 5.75 Å². The summed E-state index contributed by atoms with van der Waals surface area (Å²) in [6.45, 7) is 0. The molecule has 2 aromatic carbocycles. The Bertz CT molecular complexity index is 823. The van der Waals surface area contributed by atoms with E-state index >= 15 is 0 Å². The van der Waals surface area contributed by atoms with Crippen molar-refractivity contribution in [3.8, 4) is 11.8 Å². The lowest BCUT2D eigenvalue weighted by Crippen LogP contribution is -2.26. The van der Waals surface area contributed by atoms with E-state index in [2.05, 4.69) is 0 Å². The molecule has 1 unspecified atom stereocenters. The van der Waals surface area contributed by atoms with Crippen molar-refractivity contribution >= 4 is 11.6 Å². The molecule has 0 aliphatic carbocycles. The first kappa shape index (κ1) is 14.9. The molecule has 23 heavy (non-hydrogen) atoms. The summed E-state index contributed by atoms with van der Waals surface area (Å²) in [5.74, 6) is -0.572. The average molecular weight is 318 g/mol. The van der Waals surface area contributed by atoms with Crippen LogP contribution in [0.4, 0.5) is 18.9 Å². The molecule has 4 nitrogen and oxygen atoms in total. The van der Waals surface area contributed by atoms with Crippen LogP contribution in [-0.4, -0.2) is 11.0 Å². The van der Waals surface area contributed by atoms with Crippen molar-refractivity contribution in [2.45, 2.75) is 12.2 Å². The van der Waals surface area contributed by atoms with Gasteiger partial charge in [0, 0.05) is 16.8 Å². The van der Waals surface area contributed by atoms with Crippen LogP contribution in [0.2, 0.25) is 0 Å². The number of fused-ring (bicyclic) bond motifs is 1. The first-order valence-electron chi connectivity index (χ1n) is 6.56. The molecule has 1 atom stereocenters. The highest BCUT2D eigenvalue weighted by molar-refractivity contribution is 6.11. The van der Waals surface area contributed by atoms with E-state index < -0.39 is 23.7 Å². The van der Waals surface area contributed by atoms with Gasteiger partial charge in [0.15, 0.2) is 6.04 Å². The van der Waals surface area contributed by atoms with E-state index in [1.54, 1.807) is 0 Å². The van der Waals surface area contributed by atoms with Crippen LogP contribution in [0.5, 0.6) is 5.75 Å². The minimum absolute atomic E-state index is 0.0224. The fraction of sp³-hybridized carbons (Fsp3) is 0.125. The largest absolute Gasteiger partial charge is 0.508 e. The summed E-state index contributed by atoms with van der Waals surface area (Å²) in [4.78, 5) is 13.6. The van der Waals surface area contributed by atoms with Gasteiger partial charge in [-0.1, -0.05) is 0 Å². The van der Waals surface area contributed by atoms with Crippen LogP contribution in [0.25, 0.3) is 0 Å². The molecule has 7 heteroatoms. The van der Waals surface area contributed by atoms with Gasteiger partial charge in [-0.2, -0.15) is 18.4 Å². The van der Waals surface area contributed by atoms with Gasteiger partial charge in [-0.25, -0.2) is 0 Å². The number of phenols is 1. The quantitative estimate of drug-likeness (QED) is 0.873. The molecule has 0 aromatic heterocycles. The number of alkyl halides is 3. The third kappa shape index (κ3) is 2.38. The zero-order valence-electron chi connectivity index (χ0n) is 11.5. The Morgan fingerprint density at radius 1 is 1.13 bits per heavy atom. The topological polar surface area (TPSA) is 64.3 Å². The molecular weight excluding hydrogens is 309 g/mol. The number of hydrogen-bond donors (Lipinski definition) is 1. The number of anilines is 1. The van der Waals surface area contributed by atoms with Crippen molar-refractivity contribution in [3.05, 3.63) is 59.2 Å². The molecule has 1 N–H and O–H groups in total. The van der Waals surface area contributed by atoms with Crippen molar-refractivity contribution in [2.24, 2.45) is 0 Å². The maximum absolute atomic E-state index is 12.8. The predicted octanol–water partition coefficient (Wildman–Crippen LogP) is 3.64. The van der Waals surface area contributed by atoms with E-state index in [-0.39, 0.29) is 16.9 Å². The number of benzene rings is 2. The Morgan fingerprint density at radius 3 is 2.35 bits per heavy atom. The molecule has 1 amide bonds. The molecule has 0 radical (unpaired) electrons. The van der Waals surface area contributed by atoms with Gasteiger partial charge in [0.2, 0.25) is 0 Å². The molecule has 0 saturated heterocycles. The van der Waals surface area contributed by atoms with E-state index in [1.165, 1.54) is 24.3 Å². The first-order valence-corrected chi connectivity index (χ1v) is 6.56. The van der Waals surface area contributed by atoms with Gasteiger partial charge in [-0.3, -0.25) is 9.69 Å². The summed E-state index contributed by atoms with van der Waals surface area (Å²) < 4.78 is 38.5. The molecule has 0 fully saturated rings. The van der Waals surface area contributed by atoms with Crippen LogP contribution in [0, 0.1) is 11.3 Å². The molecule has 0 bridgehead atoms. The molecule has 3 rings (SSSR count). The minimum atomic E-state index is -4.55. The predicted molar refractivity (Wildman–Crippen MR) is 74.7 cm³/mol. The average Bonchev–Trinajstić information content (AvgIpc) is 2.79. The van der Waals surface area contributed by atoms with E-state index in [0.29, 0.717) is 5.69 Å². The number of carbonyl (C=O) groups excluding carboxylic acids is 1. The molecule has 1 heterocycles. The normalized spacial score (nSPS) is 17.0. The minimum Gasteiger partial charge on any atom is -0.508 e. The second kappa shape index (κ2) is 5.02. The van der Waals surface area contributed by atoms with Gasteiger partial charge in [-0.05, 0) is 42.5 Å². The summed E-state index contributed by atoms with van der Waals surface area (Å²) in [6.07, 6.45) is -4.55. The second-order valence-corrected chi connectivity index (χ2v) is 5.02. The number of nitriles is 1. The number of aromatic hydroxyl groups is 1. The first-order chi connectivity index (χ1) is 10.8. The highest BCUT2D eigenvalue weighted by Crippen LogP contribution is 2.40. The Labute approximate surface area is 129 Å². The lowest BCUT2D eigenvalue weighted by atomic mass is 10.0. The Kier molecular flexibility index (Phi) is 3.25. The van der Waals surface area contributed by atoms with Crippen molar-refractivity contribution in [1.82, 2.24) is 0 Å². The standard InChI is InChI=1S/C16H9F3N2O2/c17-16(18,19)9-1-6-12-13(7-9)14(8-20)21(15(12)23)10-2-4-11(22)5-3-10/h1-7,14,22H. The highest BCUT2D eigenvalue weighted by Gasteiger charge is 2.40. The Balaban J connectivity index is 2.11. The SMILES string of the molecule is N#CC1c2cc(C(F)(F)F)ccc2C(=O)N1c1ccc(O)cc1. The zero-order valence-corrected chi connectivity index (χ0v) is 11.5. The molecular formula is C16H9F3N2O2. The van der Waals surface area contributed by atoms with Gasteiger partial charge in [0.25, 0.3) is 5.91 Å². The van der Waals surface area contributed by atoms with Crippen molar-refractivity contribution < 1.29 is 23.1 Å². The number of amides is 1. The zero-order chi connectivity index (χ0) is 16.8. The van der Waals surface area contributed by atoms with Crippen LogP contribution < -0.4 is 4.90 Å². The fourth-order valence-electron chi connectivity index (χ4n) is 2.55. The lowest BCUT2D eigenvalue weighted by molar-refractivity contribution is -0.137. The number of hydrogen-bond acceptors (Lipinski definition) is 3. The lowest BCUT2D eigenvalue weighted by Gasteiger charge is -2.20. The number of rotatable bonds is 1. The second-order valence-electron chi connectivity index (χ2n) is 5.02. The van der Waals surface area contributed by atoms with Gasteiger partial charge >= 0.3 is 6.18 Å². The maximum atomic E-state index is 12.8. The molecule has 116 valence electrons. The highest BCUT2D eigenvalue weighted by atomic mass is 19.4. The van der Waals surface area contributed by atoms with Crippen LogP contribution in [0.15, 0.2) is 42.5 Å². The monoisotopic (exact) mass is 318 g/mol. The summed E-state index contributed by atoms with van der Waals surface area (Å²) >= 11 is 0. The molecule has 1 aliphatic rings. The molecule has 0 saturated carbocycles. The number of carbonyl (C=O) groups is 1. The summed E-state index contributed by atoms with van der Waals surface area (Å²) in [5, 5.41) is 18.6. The molecule has 0 spiro atoms. The van der Waals surface area contributed by atoms with Gasteiger partial charge < -0.3 is 5.11 Å².